The van der Waals surface area contributed by atoms with Crippen molar-refractivity contribution in [2.45, 2.75) is 19.4 Å². The fourth-order valence-corrected chi connectivity index (χ4v) is 1.70. The van der Waals surface area contributed by atoms with Gasteiger partial charge in [-0.1, -0.05) is 23.2 Å². The third kappa shape index (κ3) is 4.38. The van der Waals surface area contributed by atoms with Crippen molar-refractivity contribution in [3.05, 3.63) is 16.6 Å². The Kier molecular flexibility index (Phi) is 6.28. The summed E-state index contributed by atoms with van der Waals surface area (Å²) in [6, 6.07) is 0. The highest BCUT2D eigenvalue weighted by Crippen LogP contribution is 2.25. The molecule has 0 aliphatic carbocycles. The van der Waals surface area contributed by atoms with Crippen LogP contribution in [0, 0.1) is 0 Å². The Balaban J connectivity index is 2.64. The monoisotopic (exact) mass is 292 g/mol. The minimum atomic E-state index is -0.336. The van der Waals surface area contributed by atoms with Gasteiger partial charge in [0.1, 0.15) is 12.0 Å². The summed E-state index contributed by atoms with van der Waals surface area (Å²) >= 11 is 11.6. The highest BCUT2D eigenvalue weighted by Gasteiger charge is 2.16. The van der Waals surface area contributed by atoms with Gasteiger partial charge in [-0.25, -0.2) is 9.97 Å². The standard InChI is InChI=1S/C10H14Cl2N4O2/c1-2-18-6(4-13)3-7(17)16-8-9(11)14-5-15-10(8)12/h5-6H,2-4,13H2,1H3,(H,16,17). The fraction of sp³-hybridized carbons (Fsp3) is 0.500. The SMILES string of the molecule is CCOC(CN)CC(=O)Nc1c(Cl)ncnc1Cl. The smallest absolute Gasteiger partial charge is 0.227 e. The van der Waals surface area contributed by atoms with Gasteiger partial charge in [0.15, 0.2) is 10.3 Å². The third-order valence-electron chi connectivity index (χ3n) is 2.10. The van der Waals surface area contributed by atoms with Crippen LogP contribution in [0.2, 0.25) is 10.3 Å². The third-order valence-corrected chi connectivity index (χ3v) is 2.67. The number of carbonyl (C=O) groups excluding carboxylic acids is 1. The molecule has 0 spiro atoms. The van der Waals surface area contributed by atoms with Crippen molar-refractivity contribution in [3.63, 3.8) is 0 Å². The Hall–Kier alpha value is -0.950. The molecule has 0 saturated carbocycles. The van der Waals surface area contributed by atoms with Crippen molar-refractivity contribution < 1.29 is 9.53 Å². The molecule has 0 radical (unpaired) electrons. The molecule has 100 valence electrons. The lowest BCUT2D eigenvalue weighted by Gasteiger charge is -2.14. The number of carbonyl (C=O) groups is 1. The summed E-state index contributed by atoms with van der Waals surface area (Å²) < 4.78 is 5.28. The molecule has 1 amide bonds. The summed E-state index contributed by atoms with van der Waals surface area (Å²) in [7, 11) is 0. The van der Waals surface area contributed by atoms with E-state index in [0.29, 0.717) is 6.61 Å². The van der Waals surface area contributed by atoms with E-state index in [0.717, 1.165) is 0 Å². The summed E-state index contributed by atoms with van der Waals surface area (Å²) in [6.45, 7) is 2.58. The lowest BCUT2D eigenvalue weighted by atomic mass is 10.2. The van der Waals surface area contributed by atoms with Crippen LogP contribution >= 0.6 is 23.2 Å². The van der Waals surface area contributed by atoms with Crippen molar-refractivity contribution in [1.82, 2.24) is 9.97 Å². The van der Waals surface area contributed by atoms with Gasteiger partial charge in [-0.05, 0) is 6.92 Å². The number of rotatable bonds is 6. The highest BCUT2D eigenvalue weighted by atomic mass is 35.5. The first kappa shape index (κ1) is 15.1. The molecule has 1 aromatic heterocycles. The molecule has 3 N–H and O–H groups in total. The molecule has 1 unspecified atom stereocenters. The second-order valence-electron chi connectivity index (χ2n) is 3.40. The van der Waals surface area contributed by atoms with Crippen LogP contribution in [0.15, 0.2) is 6.33 Å². The lowest BCUT2D eigenvalue weighted by molar-refractivity contribution is -0.118. The van der Waals surface area contributed by atoms with Gasteiger partial charge in [0, 0.05) is 13.2 Å². The van der Waals surface area contributed by atoms with Crippen LogP contribution < -0.4 is 11.1 Å². The zero-order valence-corrected chi connectivity index (χ0v) is 11.3. The van der Waals surface area contributed by atoms with Crippen LogP contribution in [0.3, 0.4) is 0 Å². The van der Waals surface area contributed by atoms with E-state index in [1.54, 1.807) is 0 Å². The van der Waals surface area contributed by atoms with Gasteiger partial charge in [0.25, 0.3) is 0 Å². The van der Waals surface area contributed by atoms with Crippen molar-refractivity contribution >= 4 is 34.8 Å². The van der Waals surface area contributed by atoms with Gasteiger partial charge < -0.3 is 15.8 Å². The first-order chi connectivity index (χ1) is 8.58. The molecule has 0 aliphatic heterocycles. The average molecular weight is 293 g/mol. The zero-order valence-electron chi connectivity index (χ0n) is 9.82. The Morgan fingerprint density at radius 3 is 2.61 bits per heavy atom. The molecule has 1 rings (SSSR count). The van der Waals surface area contributed by atoms with E-state index < -0.39 is 0 Å². The Morgan fingerprint density at radius 2 is 2.11 bits per heavy atom. The van der Waals surface area contributed by atoms with Gasteiger partial charge in [0.05, 0.1) is 12.5 Å². The van der Waals surface area contributed by atoms with Gasteiger partial charge >= 0.3 is 0 Å². The zero-order chi connectivity index (χ0) is 13.5. The lowest BCUT2D eigenvalue weighted by Crippen LogP contribution is -2.29. The number of hydrogen-bond donors (Lipinski definition) is 2. The van der Waals surface area contributed by atoms with Gasteiger partial charge in [-0.15, -0.1) is 0 Å². The molecule has 1 aromatic rings. The Morgan fingerprint density at radius 1 is 1.50 bits per heavy atom. The van der Waals surface area contributed by atoms with E-state index in [1.807, 2.05) is 6.92 Å². The number of nitrogens with zero attached hydrogens (tertiary/aromatic N) is 2. The number of hydrogen-bond acceptors (Lipinski definition) is 5. The number of ether oxygens (including phenoxy) is 1. The van der Waals surface area contributed by atoms with E-state index in [1.165, 1.54) is 6.33 Å². The molecule has 6 nitrogen and oxygen atoms in total. The van der Waals surface area contributed by atoms with Crippen LogP contribution in [0.5, 0.6) is 0 Å². The van der Waals surface area contributed by atoms with Gasteiger partial charge in [-0.3, -0.25) is 4.79 Å². The van der Waals surface area contributed by atoms with E-state index in [9.17, 15) is 4.79 Å². The maximum absolute atomic E-state index is 11.7. The van der Waals surface area contributed by atoms with Crippen LogP contribution in [-0.2, 0) is 9.53 Å². The summed E-state index contributed by atoms with van der Waals surface area (Å²) in [5.74, 6) is -0.308. The Bertz CT molecular complexity index is 397. The van der Waals surface area contributed by atoms with Crippen molar-refractivity contribution in [2.24, 2.45) is 5.73 Å². The van der Waals surface area contributed by atoms with Crippen LogP contribution in [0.25, 0.3) is 0 Å². The minimum absolute atomic E-state index is 0.0871. The summed E-state index contributed by atoms with van der Waals surface area (Å²) in [4.78, 5) is 19.2. The average Bonchev–Trinajstić information content (AvgIpc) is 2.33. The molecule has 0 aromatic carbocycles. The normalized spacial score (nSPS) is 12.2. The number of halogens is 2. The second-order valence-corrected chi connectivity index (χ2v) is 4.11. The van der Waals surface area contributed by atoms with Crippen molar-refractivity contribution in [1.29, 1.82) is 0 Å². The van der Waals surface area contributed by atoms with Crippen LogP contribution in [0.1, 0.15) is 13.3 Å². The molecule has 0 saturated heterocycles. The van der Waals surface area contributed by atoms with E-state index in [4.69, 9.17) is 33.7 Å². The first-order valence-electron chi connectivity index (χ1n) is 5.36. The number of nitrogens with two attached hydrogens (primary N) is 1. The summed E-state index contributed by atoms with van der Waals surface area (Å²) in [5.41, 5.74) is 5.67. The highest BCUT2D eigenvalue weighted by molar-refractivity contribution is 6.38. The van der Waals surface area contributed by atoms with E-state index in [2.05, 4.69) is 15.3 Å². The molecule has 0 aliphatic rings. The van der Waals surface area contributed by atoms with Crippen molar-refractivity contribution in [2.75, 3.05) is 18.5 Å². The molecule has 8 heteroatoms. The molecule has 1 atom stereocenters. The number of anilines is 1. The summed E-state index contributed by atoms with van der Waals surface area (Å²) in [5, 5.41) is 2.71. The molecular formula is C10H14Cl2N4O2. The van der Waals surface area contributed by atoms with Crippen molar-refractivity contribution in [3.8, 4) is 0 Å². The molecule has 1 heterocycles. The van der Waals surface area contributed by atoms with E-state index in [-0.39, 0.29) is 41.0 Å². The fourth-order valence-electron chi connectivity index (χ4n) is 1.29. The first-order valence-corrected chi connectivity index (χ1v) is 6.11. The summed E-state index contributed by atoms with van der Waals surface area (Å²) in [6.07, 6.45) is 0.993. The molecular weight excluding hydrogens is 279 g/mol. The number of aromatic nitrogens is 2. The van der Waals surface area contributed by atoms with Crippen LogP contribution in [0.4, 0.5) is 5.69 Å². The second kappa shape index (κ2) is 7.48. The minimum Gasteiger partial charge on any atom is -0.377 e. The number of amides is 1. The quantitative estimate of drug-likeness (QED) is 0.775. The number of nitrogens with one attached hydrogen (secondary N) is 1. The van der Waals surface area contributed by atoms with Crippen LogP contribution in [-0.4, -0.2) is 35.1 Å². The predicted molar refractivity (Wildman–Crippen MR) is 69.8 cm³/mol. The Labute approximate surface area is 115 Å². The van der Waals surface area contributed by atoms with E-state index >= 15 is 0 Å². The maximum Gasteiger partial charge on any atom is 0.227 e. The largest absolute Gasteiger partial charge is 0.377 e. The molecule has 18 heavy (non-hydrogen) atoms. The molecule has 0 bridgehead atoms. The molecule has 0 fully saturated rings. The predicted octanol–water partition coefficient (Wildman–Crippen LogP) is 1.48. The van der Waals surface area contributed by atoms with Gasteiger partial charge in [-0.2, -0.15) is 0 Å². The van der Waals surface area contributed by atoms with Gasteiger partial charge in [0.2, 0.25) is 5.91 Å². The maximum atomic E-state index is 11.7. The topological polar surface area (TPSA) is 90.1 Å².